The summed E-state index contributed by atoms with van der Waals surface area (Å²) in [5, 5.41) is 11.9. The highest BCUT2D eigenvalue weighted by Crippen LogP contribution is 2.42. The van der Waals surface area contributed by atoms with E-state index in [0.29, 0.717) is 24.6 Å². The summed E-state index contributed by atoms with van der Waals surface area (Å²) < 4.78 is 5.86. The van der Waals surface area contributed by atoms with Gasteiger partial charge in [0, 0.05) is 24.6 Å². The smallest absolute Gasteiger partial charge is 0.304 e. The zero-order chi connectivity index (χ0) is 13.1. The molecule has 0 aromatic heterocycles. The van der Waals surface area contributed by atoms with E-state index in [1.54, 1.807) is 0 Å². The molecule has 1 aliphatic rings. The van der Waals surface area contributed by atoms with Gasteiger partial charge in [0.2, 0.25) is 0 Å². The van der Waals surface area contributed by atoms with Gasteiger partial charge in [-0.15, -0.1) is 0 Å². The normalized spacial score (nSPS) is 26.9. The molecule has 0 amide bonds. The highest BCUT2D eigenvalue weighted by atomic mass is 16.5. The molecule has 2 N–H and O–H groups in total. The minimum atomic E-state index is -0.748. The van der Waals surface area contributed by atoms with Gasteiger partial charge in [0.25, 0.3) is 0 Å². The maximum Gasteiger partial charge on any atom is 0.304 e. The lowest BCUT2D eigenvalue weighted by atomic mass is 9.64. The fraction of sp³-hybridized carbons (Fsp3) is 0.923. The molecule has 0 aromatic carbocycles. The van der Waals surface area contributed by atoms with Gasteiger partial charge in [0.05, 0.1) is 12.5 Å². The molecule has 0 spiro atoms. The number of hydrogen-bond acceptors (Lipinski definition) is 3. The SMILES string of the molecule is CC(C)COC1CC(NCCC(=O)O)C1(C)C. The van der Waals surface area contributed by atoms with E-state index in [2.05, 4.69) is 33.0 Å². The third kappa shape index (κ3) is 3.96. The molecule has 1 aliphatic carbocycles. The Labute approximate surface area is 104 Å². The summed E-state index contributed by atoms with van der Waals surface area (Å²) in [5.74, 6) is -0.188. The predicted octanol–water partition coefficient (Wildman–Crippen LogP) is 1.89. The minimum Gasteiger partial charge on any atom is -0.481 e. The Kier molecular flexibility index (Phi) is 4.95. The van der Waals surface area contributed by atoms with Crippen molar-refractivity contribution in [2.24, 2.45) is 11.3 Å². The zero-order valence-electron chi connectivity index (χ0n) is 11.3. The summed E-state index contributed by atoms with van der Waals surface area (Å²) in [7, 11) is 0. The van der Waals surface area contributed by atoms with Crippen LogP contribution in [-0.2, 0) is 9.53 Å². The quantitative estimate of drug-likeness (QED) is 0.717. The summed E-state index contributed by atoms with van der Waals surface area (Å²) in [6.07, 6.45) is 1.47. The lowest BCUT2D eigenvalue weighted by Gasteiger charge is -2.52. The fourth-order valence-electron chi connectivity index (χ4n) is 2.18. The van der Waals surface area contributed by atoms with E-state index in [-0.39, 0.29) is 11.8 Å². The van der Waals surface area contributed by atoms with E-state index in [1.807, 2.05) is 0 Å². The number of hydrogen-bond donors (Lipinski definition) is 2. The molecule has 0 radical (unpaired) electrons. The van der Waals surface area contributed by atoms with Gasteiger partial charge in [-0.05, 0) is 12.3 Å². The van der Waals surface area contributed by atoms with Crippen molar-refractivity contribution in [3.63, 3.8) is 0 Å². The van der Waals surface area contributed by atoms with Gasteiger partial charge < -0.3 is 15.2 Å². The molecule has 1 saturated carbocycles. The van der Waals surface area contributed by atoms with E-state index in [9.17, 15) is 4.79 Å². The van der Waals surface area contributed by atoms with E-state index >= 15 is 0 Å². The lowest BCUT2D eigenvalue weighted by Crippen LogP contribution is -2.61. The molecule has 2 atom stereocenters. The van der Waals surface area contributed by atoms with Crippen LogP contribution in [0.15, 0.2) is 0 Å². The predicted molar refractivity (Wildman–Crippen MR) is 67.0 cm³/mol. The largest absolute Gasteiger partial charge is 0.481 e. The van der Waals surface area contributed by atoms with Gasteiger partial charge in [-0.2, -0.15) is 0 Å². The third-order valence-corrected chi connectivity index (χ3v) is 3.54. The molecule has 2 unspecified atom stereocenters. The van der Waals surface area contributed by atoms with E-state index in [0.717, 1.165) is 13.0 Å². The van der Waals surface area contributed by atoms with Crippen LogP contribution in [0.2, 0.25) is 0 Å². The molecule has 0 bridgehead atoms. The first kappa shape index (κ1) is 14.5. The molecule has 4 heteroatoms. The monoisotopic (exact) mass is 243 g/mol. The number of aliphatic carboxylic acids is 1. The van der Waals surface area contributed by atoms with E-state index in [4.69, 9.17) is 9.84 Å². The summed E-state index contributed by atoms with van der Waals surface area (Å²) in [5.41, 5.74) is 0.105. The van der Waals surface area contributed by atoms with Crippen LogP contribution in [0.25, 0.3) is 0 Å². The second-order valence-electron chi connectivity index (χ2n) is 5.92. The van der Waals surface area contributed by atoms with Gasteiger partial charge in [0.1, 0.15) is 0 Å². The van der Waals surface area contributed by atoms with Crippen molar-refractivity contribution in [2.45, 2.75) is 52.7 Å². The van der Waals surface area contributed by atoms with Gasteiger partial charge in [0.15, 0.2) is 0 Å². The number of rotatable bonds is 7. The van der Waals surface area contributed by atoms with Crippen molar-refractivity contribution in [3.8, 4) is 0 Å². The average molecular weight is 243 g/mol. The fourth-order valence-corrected chi connectivity index (χ4v) is 2.18. The third-order valence-electron chi connectivity index (χ3n) is 3.54. The summed E-state index contributed by atoms with van der Waals surface area (Å²) in [6, 6.07) is 0.374. The van der Waals surface area contributed by atoms with Crippen LogP contribution in [-0.4, -0.2) is 36.4 Å². The average Bonchev–Trinajstić information content (AvgIpc) is 2.20. The van der Waals surface area contributed by atoms with Gasteiger partial charge in [-0.25, -0.2) is 0 Å². The molecule has 4 nitrogen and oxygen atoms in total. The molecule has 100 valence electrons. The van der Waals surface area contributed by atoms with Crippen LogP contribution in [0.4, 0.5) is 0 Å². The number of nitrogens with one attached hydrogen (secondary N) is 1. The number of carbonyl (C=O) groups is 1. The van der Waals surface area contributed by atoms with Crippen molar-refractivity contribution in [1.82, 2.24) is 5.32 Å². The number of carboxylic acid groups (broad SMARTS) is 1. The molecule has 0 aliphatic heterocycles. The maximum atomic E-state index is 10.4. The van der Waals surface area contributed by atoms with Crippen molar-refractivity contribution in [1.29, 1.82) is 0 Å². The van der Waals surface area contributed by atoms with Crippen molar-refractivity contribution in [3.05, 3.63) is 0 Å². The lowest BCUT2D eigenvalue weighted by molar-refractivity contribution is -0.138. The van der Waals surface area contributed by atoms with Crippen molar-refractivity contribution >= 4 is 5.97 Å². The summed E-state index contributed by atoms with van der Waals surface area (Å²) in [4.78, 5) is 10.4. The highest BCUT2D eigenvalue weighted by Gasteiger charge is 2.48. The summed E-state index contributed by atoms with van der Waals surface area (Å²) in [6.45, 7) is 10.00. The second kappa shape index (κ2) is 5.83. The maximum absolute atomic E-state index is 10.4. The minimum absolute atomic E-state index is 0.105. The Morgan fingerprint density at radius 1 is 1.53 bits per heavy atom. The highest BCUT2D eigenvalue weighted by molar-refractivity contribution is 5.66. The van der Waals surface area contributed by atoms with Gasteiger partial charge in [-0.3, -0.25) is 4.79 Å². The molecule has 0 heterocycles. The van der Waals surface area contributed by atoms with Crippen LogP contribution in [0.3, 0.4) is 0 Å². The van der Waals surface area contributed by atoms with Gasteiger partial charge >= 0.3 is 5.97 Å². The molecule has 0 saturated heterocycles. The van der Waals surface area contributed by atoms with Crippen LogP contribution in [0, 0.1) is 11.3 Å². The van der Waals surface area contributed by atoms with Crippen LogP contribution in [0.1, 0.15) is 40.5 Å². The van der Waals surface area contributed by atoms with Gasteiger partial charge in [-0.1, -0.05) is 27.7 Å². The van der Waals surface area contributed by atoms with Crippen molar-refractivity contribution < 1.29 is 14.6 Å². The Morgan fingerprint density at radius 2 is 2.18 bits per heavy atom. The van der Waals surface area contributed by atoms with Crippen LogP contribution >= 0.6 is 0 Å². The van der Waals surface area contributed by atoms with Crippen LogP contribution in [0.5, 0.6) is 0 Å². The topological polar surface area (TPSA) is 58.6 Å². The molecule has 1 fully saturated rings. The number of ether oxygens (including phenoxy) is 1. The number of carboxylic acids is 1. The molecular weight excluding hydrogens is 218 g/mol. The molecule has 17 heavy (non-hydrogen) atoms. The van der Waals surface area contributed by atoms with E-state index < -0.39 is 5.97 Å². The molecule has 0 aromatic rings. The molecule has 1 rings (SSSR count). The Hall–Kier alpha value is -0.610. The standard InChI is InChI=1S/C13H25NO3/c1-9(2)8-17-11-7-10(13(11,3)4)14-6-5-12(15)16/h9-11,14H,5-8H2,1-4H3,(H,15,16). The Balaban J connectivity index is 2.26. The summed E-state index contributed by atoms with van der Waals surface area (Å²) >= 11 is 0. The van der Waals surface area contributed by atoms with Crippen molar-refractivity contribution in [2.75, 3.05) is 13.2 Å². The Morgan fingerprint density at radius 3 is 2.65 bits per heavy atom. The first-order valence-corrected chi connectivity index (χ1v) is 6.40. The van der Waals surface area contributed by atoms with Crippen LogP contribution < -0.4 is 5.32 Å². The second-order valence-corrected chi connectivity index (χ2v) is 5.92. The zero-order valence-corrected chi connectivity index (χ0v) is 11.3. The Bertz CT molecular complexity index is 263. The first-order valence-electron chi connectivity index (χ1n) is 6.40. The first-order chi connectivity index (χ1) is 7.84. The molecular formula is C13H25NO3. The van der Waals surface area contributed by atoms with E-state index in [1.165, 1.54) is 0 Å².